The number of rotatable bonds is 2. The maximum Gasteiger partial charge on any atom is 0.313 e. The minimum absolute atomic E-state index is 0.0391. The number of carbonyl (C=O) groups is 5. The molecule has 2 fully saturated rings. The number of Topliss-reactive ketones (excluding diaryl/α,β-unsaturated/α-hetero) is 4. The standard InChI is InChI=1S/C41H62O8/c1-23(2)29-20-33(43)26(5)12-10-11-24(3)18-34(44)30-19-28(7)38-31(41(30,21-35(29)45)39(46)48-9)17-25(4)13-15-32(42)27(6)14-16-37-40(8,47)22-36(38)49-37/h17,23-24,26-27,29-31,36-37,47H,10-16,18-22H2,1-9H3/b25-17+/t24-,26+,27-,29-,30+,31-,36+,37+,40-,41-/m1/s1. The topological polar surface area (TPSA) is 124 Å². The Kier molecular flexibility index (Phi) is 12.7. The molecule has 4 aliphatic rings. The third kappa shape index (κ3) is 8.38. The van der Waals surface area contributed by atoms with Crippen molar-refractivity contribution in [2.75, 3.05) is 7.11 Å². The normalized spacial score (nSPS) is 40.3. The van der Waals surface area contributed by atoms with Crippen LogP contribution in [0.1, 0.15) is 132 Å². The van der Waals surface area contributed by atoms with Crippen molar-refractivity contribution in [3.05, 3.63) is 22.8 Å². The molecular weight excluding hydrogens is 620 g/mol. The van der Waals surface area contributed by atoms with Crippen molar-refractivity contribution >= 4 is 29.1 Å². The van der Waals surface area contributed by atoms with Gasteiger partial charge < -0.3 is 14.6 Å². The van der Waals surface area contributed by atoms with Crippen LogP contribution in [0.3, 0.4) is 0 Å². The first-order valence-corrected chi connectivity index (χ1v) is 18.9. The largest absolute Gasteiger partial charge is 0.469 e. The summed E-state index contributed by atoms with van der Waals surface area (Å²) < 4.78 is 12.3. The number of aliphatic hydroxyl groups is 1. The van der Waals surface area contributed by atoms with Gasteiger partial charge in [-0.1, -0.05) is 64.7 Å². The summed E-state index contributed by atoms with van der Waals surface area (Å²) in [7, 11) is 1.32. The molecule has 1 N–H and O–H groups in total. The first kappa shape index (κ1) is 39.3. The zero-order valence-electron chi connectivity index (χ0n) is 31.6. The zero-order chi connectivity index (χ0) is 36.4. The Morgan fingerprint density at radius 3 is 2.22 bits per heavy atom. The predicted molar refractivity (Wildman–Crippen MR) is 188 cm³/mol. The molecule has 8 nitrogen and oxygen atoms in total. The molecule has 0 radical (unpaired) electrons. The average molecular weight is 683 g/mol. The first-order chi connectivity index (χ1) is 22.9. The molecule has 274 valence electrons. The van der Waals surface area contributed by atoms with Crippen LogP contribution in [-0.4, -0.2) is 59.1 Å². The number of allylic oxidation sites excluding steroid dienone is 3. The van der Waals surface area contributed by atoms with E-state index in [0.717, 1.165) is 36.0 Å². The fourth-order valence-electron chi connectivity index (χ4n) is 9.28. The van der Waals surface area contributed by atoms with Gasteiger partial charge in [-0.25, -0.2) is 0 Å². The van der Waals surface area contributed by atoms with Crippen LogP contribution in [0.4, 0.5) is 0 Å². The van der Waals surface area contributed by atoms with Crippen LogP contribution < -0.4 is 0 Å². The van der Waals surface area contributed by atoms with Gasteiger partial charge in [0.2, 0.25) is 0 Å². The Balaban J connectivity index is 1.99. The van der Waals surface area contributed by atoms with E-state index in [2.05, 4.69) is 0 Å². The summed E-state index contributed by atoms with van der Waals surface area (Å²) in [4.78, 5) is 70.7. The lowest BCUT2D eigenvalue weighted by Crippen LogP contribution is -2.54. The van der Waals surface area contributed by atoms with Crippen LogP contribution in [0.25, 0.3) is 0 Å². The predicted octanol–water partition coefficient (Wildman–Crippen LogP) is 7.34. The number of carbonyl (C=O) groups excluding carboxylic acids is 5. The third-order valence-electron chi connectivity index (χ3n) is 12.6. The summed E-state index contributed by atoms with van der Waals surface area (Å²) in [5.74, 6) is -3.37. The molecule has 2 aliphatic carbocycles. The van der Waals surface area contributed by atoms with Crippen molar-refractivity contribution in [3.63, 3.8) is 0 Å². The van der Waals surface area contributed by atoms with Gasteiger partial charge in [0, 0.05) is 61.7 Å². The van der Waals surface area contributed by atoms with Crippen molar-refractivity contribution in [3.8, 4) is 0 Å². The number of esters is 1. The van der Waals surface area contributed by atoms with E-state index in [1.165, 1.54) is 7.11 Å². The van der Waals surface area contributed by atoms with Gasteiger partial charge in [-0.3, -0.25) is 24.0 Å². The SMILES string of the molecule is COC(=O)[C@]12CC(=O)[C@@H](C(C)C)CC(=O)[C@@H](C)CCC[C@@H](C)CC(=O)[C@@H]1CC(C)=C1[C@@H]3C[C@@](C)(O)[C@H](CC[C@@H](C)C(=O)CC/C(C)=C/[C@H]12)O3. The minimum atomic E-state index is -1.59. The molecule has 4 rings (SSSR count). The number of methoxy groups -OCH3 is 1. The molecule has 0 spiro atoms. The monoisotopic (exact) mass is 682 g/mol. The van der Waals surface area contributed by atoms with Gasteiger partial charge in [0.25, 0.3) is 0 Å². The van der Waals surface area contributed by atoms with Gasteiger partial charge in [0.1, 0.15) is 23.1 Å². The zero-order valence-corrected chi connectivity index (χ0v) is 31.6. The Morgan fingerprint density at radius 2 is 1.57 bits per heavy atom. The lowest BCUT2D eigenvalue weighted by molar-refractivity contribution is -0.167. The molecule has 0 amide bonds. The van der Waals surface area contributed by atoms with Crippen molar-refractivity contribution in [2.45, 2.75) is 150 Å². The molecule has 0 aromatic carbocycles. The van der Waals surface area contributed by atoms with Gasteiger partial charge in [-0.15, -0.1) is 0 Å². The molecule has 0 aromatic heterocycles. The second-order valence-electron chi connectivity index (χ2n) is 16.9. The van der Waals surface area contributed by atoms with Gasteiger partial charge in [-0.05, 0) is 70.3 Å². The lowest BCUT2D eigenvalue weighted by Gasteiger charge is -2.49. The third-order valence-corrected chi connectivity index (χ3v) is 12.6. The highest BCUT2D eigenvalue weighted by atomic mass is 16.5. The quantitative estimate of drug-likeness (QED) is 0.237. The van der Waals surface area contributed by atoms with E-state index in [1.54, 1.807) is 6.92 Å². The highest BCUT2D eigenvalue weighted by Gasteiger charge is 2.61. The van der Waals surface area contributed by atoms with Crippen LogP contribution in [0.15, 0.2) is 22.8 Å². The van der Waals surface area contributed by atoms with E-state index in [1.807, 2.05) is 54.5 Å². The van der Waals surface area contributed by atoms with Gasteiger partial charge in [-0.2, -0.15) is 0 Å². The van der Waals surface area contributed by atoms with E-state index >= 15 is 0 Å². The summed E-state index contributed by atoms with van der Waals surface area (Å²) in [5.41, 5.74) is -0.123. The summed E-state index contributed by atoms with van der Waals surface area (Å²) in [6.45, 7) is 15.5. The van der Waals surface area contributed by atoms with Crippen LogP contribution in [0.2, 0.25) is 0 Å². The Bertz CT molecular complexity index is 1350. The number of hydrogen-bond acceptors (Lipinski definition) is 8. The maximum atomic E-state index is 14.7. The van der Waals surface area contributed by atoms with E-state index in [4.69, 9.17) is 9.47 Å². The highest BCUT2D eigenvalue weighted by molar-refractivity contribution is 5.97. The Hall–Kier alpha value is -2.45. The van der Waals surface area contributed by atoms with E-state index in [-0.39, 0.29) is 78.9 Å². The number of hydrogen-bond donors (Lipinski definition) is 1. The number of ketones is 4. The van der Waals surface area contributed by atoms with Crippen molar-refractivity contribution < 1.29 is 38.6 Å². The smallest absolute Gasteiger partial charge is 0.313 e. The number of ether oxygens (including phenoxy) is 2. The van der Waals surface area contributed by atoms with Crippen LogP contribution in [-0.2, 0) is 33.4 Å². The molecule has 2 heterocycles. The molecule has 8 heteroatoms. The molecule has 1 saturated carbocycles. The lowest BCUT2D eigenvalue weighted by atomic mass is 9.53. The van der Waals surface area contributed by atoms with E-state index in [0.29, 0.717) is 25.7 Å². The van der Waals surface area contributed by atoms with Crippen LogP contribution >= 0.6 is 0 Å². The number of fused-ring (bicyclic) bond motifs is 6. The summed E-state index contributed by atoms with van der Waals surface area (Å²) in [5, 5.41) is 11.7. The van der Waals surface area contributed by atoms with Gasteiger partial charge in [0.15, 0.2) is 0 Å². The van der Waals surface area contributed by atoms with Crippen molar-refractivity contribution in [2.24, 2.45) is 46.8 Å². The summed E-state index contributed by atoms with van der Waals surface area (Å²) in [6.07, 6.45) is 5.84. The van der Waals surface area contributed by atoms with Crippen LogP contribution in [0.5, 0.6) is 0 Å². The fraction of sp³-hybridized carbons (Fsp3) is 0.780. The van der Waals surface area contributed by atoms with Crippen molar-refractivity contribution in [1.29, 1.82) is 0 Å². The van der Waals surface area contributed by atoms with E-state index < -0.39 is 46.9 Å². The molecule has 2 aliphatic heterocycles. The second kappa shape index (κ2) is 15.8. The molecule has 2 bridgehead atoms. The fourth-order valence-corrected chi connectivity index (χ4v) is 9.28. The van der Waals surface area contributed by atoms with Gasteiger partial charge >= 0.3 is 5.97 Å². The second-order valence-corrected chi connectivity index (χ2v) is 16.9. The maximum absolute atomic E-state index is 14.7. The van der Waals surface area contributed by atoms with Crippen LogP contribution in [0, 0.1) is 46.8 Å². The first-order valence-electron chi connectivity index (χ1n) is 18.9. The Labute approximate surface area is 294 Å². The van der Waals surface area contributed by atoms with Crippen molar-refractivity contribution in [1.82, 2.24) is 0 Å². The van der Waals surface area contributed by atoms with E-state index in [9.17, 15) is 29.1 Å². The van der Waals surface area contributed by atoms with Gasteiger partial charge in [0.05, 0.1) is 30.3 Å². The summed E-state index contributed by atoms with van der Waals surface area (Å²) >= 11 is 0. The highest BCUT2D eigenvalue weighted by Crippen LogP contribution is 2.57. The molecule has 1 saturated heterocycles. The molecular formula is C41H62O8. The minimum Gasteiger partial charge on any atom is -0.469 e. The average Bonchev–Trinajstić information content (AvgIpc) is 3.33. The molecule has 0 aromatic rings. The molecule has 0 unspecified atom stereocenters. The molecule has 10 atom stereocenters. The summed E-state index contributed by atoms with van der Waals surface area (Å²) in [6, 6.07) is 0. The molecule has 49 heavy (non-hydrogen) atoms. The Morgan fingerprint density at radius 1 is 0.898 bits per heavy atom.